The van der Waals surface area contributed by atoms with E-state index in [9.17, 15) is 9.59 Å². The van der Waals surface area contributed by atoms with Crippen molar-refractivity contribution < 1.29 is 9.21 Å². The molecule has 0 saturated carbocycles. The second kappa shape index (κ2) is 5.42. The predicted octanol–water partition coefficient (Wildman–Crippen LogP) is 4.03. The molecular weight excluding hydrogens is 298 g/mol. The minimum Gasteiger partial charge on any atom is -0.414 e. The summed E-state index contributed by atoms with van der Waals surface area (Å²) >= 11 is 1.04. The van der Waals surface area contributed by atoms with Gasteiger partial charge in [0, 0.05) is 11.3 Å². The summed E-state index contributed by atoms with van der Waals surface area (Å²) < 4.78 is 5.93. The molecule has 0 unspecified atom stereocenters. The molecule has 1 N–H and O–H groups in total. The van der Waals surface area contributed by atoms with Crippen molar-refractivity contribution in [2.24, 2.45) is 0 Å². The number of fused-ring (bicyclic) bond motifs is 1. The maximum Gasteiger partial charge on any atom is 0.396 e. The zero-order chi connectivity index (χ0) is 15.9. The van der Waals surface area contributed by atoms with Crippen LogP contribution in [-0.4, -0.2) is 5.91 Å². The molecule has 0 radical (unpaired) electrons. The molecule has 0 saturated heterocycles. The molecular formula is C17H15NO3S. The van der Waals surface area contributed by atoms with Crippen LogP contribution < -0.4 is 10.3 Å². The fraction of sp³-hybridized carbons (Fsp3) is 0.176. The first-order chi connectivity index (χ1) is 10.5. The van der Waals surface area contributed by atoms with Gasteiger partial charge < -0.3 is 9.73 Å². The number of aryl methyl sites for hydroxylation is 2. The van der Waals surface area contributed by atoms with Gasteiger partial charge in [-0.25, -0.2) is 4.79 Å². The van der Waals surface area contributed by atoms with Gasteiger partial charge in [0.25, 0.3) is 5.91 Å². The average molecular weight is 313 g/mol. The molecule has 3 aromatic rings. The monoisotopic (exact) mass is 313 g/mol. The number of carbonyl (C=O) groups is 1. The number of rotatable bonds is 2. The smallest absolute Gasteiger partial charge is 0.396 e. The van der Waals surface area contributed by atoms with E-state index in [4.69, 9.17) is 4.42 Å². The number of nitrogens with one attached hydrogen (secondary N) is 1. The molecule has 0 aliphatic carbocycles. The van der Waals surface area contributed by atoms with E-state index in [-0.39, 0.29) is 10.8 Å². The molecule has 1 heterocycles. The van der Waals surface area contributed by atoms with Crippen LogP contribution in [0.2, 0.25) is 0 Å². The van der Waals surface area contributed by atoms with Gasteiger partial charge in [-0.15, -0.1) is 0 Å². The molecule has 112 valence electrons. The van der Waals surface area contributed by atoms with Gasteiger partial charge in [0.05, 0.1) is 4.70 Å². The number of anilines is 1. The van der Waals surface area contributed by atoms with Crippen LogP contribution in [0.3, 0.4) is 0 Å². The van der Waals surface area contributed by atoms with E-state index in [1.807, 2.05) is 32.9 Å². The Bertz CT molecular complexity index is 919. The van der Waals surface area contributed by atoms with Crippen LogP contribution in [-0.2, 0) is 0 Å². The van der Waals surface area contributed by atoms with Crippen LogP contribution in [0.25, 0.3) is 10.3 Å². The summed E-state index contributed by atoms with van der Waals surface area (Å²) in [5, 5.41) is 2.91. The summed E-state index contributed by atoms with van der Waals surface area (Å²) in [6.07, 6.45) is 0. The Balaban J connectivity index is 1.99. The first-order valence-electron chi connectivity index (χ1n) is 6.87. The molecule has 1 amide bonds. The highest BCUT2D eigenvalue weighted by atomic mass is 32.1. The van der Waals surface area contributed by atoms with Gasteiger partial charge in [-0.2, -0.15) is 0 Å². The van der Waals surface area contributed by atoms with Gasteiger partial charge >= 0.3 is 4.94 Å². The minimum absolute atomic E-state index is 0.169. The lowest BCUT2D eigenvalue weighted by Gasteiger charge is -2.11. The molecule has 0 aliphatic rings. The van der Waals surface area contributed by atoms with Crippen molar-refractivity contribution in [1.29, 1.82) is 0 Å². The Hall–Kier alpha value is -2.40. The van der Waals surface area contributed by atoms with Gasteiger partial charge in [-0.3, -0.25) is 4.79 Å². The number of carbonyl (C=O) groups excluding carboxylic acids is 1. The van der Waals surface area contributed by atoms with Crippen LogP contribution in [0, 0.1) is 20.8 Å². The average Bonchev–Trinajstić information content (AvgIpc) is 2.86. The fourth-order valence-corrected chi connectivity index (χ4v) is 3.06. The lowest BCUT2D eigenvalue weighted by molar-refractivity contribution is 0.102. The molecule has 0 aliphatic heterocycles. The second-order valence-electron chi connectivity index (χ2n) is 5.28. The first-order valence-corrected chi connectivity index (χ1v) is 7.69. The van der Waals surface area contributed by atoms with E-state index in [2.05, 4.69) is 5.32 Å². The fourth-order valence-electron chi connectivity index (χ4n) is 2.29. The topological polar surface area (TPSA) is 59.3 Å². The number of hydrogen-bond donors (Lipinski definition) is 1. The lowest BCUT2D eigenvalue weighted by atomic mass is 10.1. The molecule has 0 bridgehead atoms. The van der Waals surface area contributed by atoms with Crippen molar-refractivity contribution >= 4 is 33.2 Å². The summed E-state index contributed by atoms with van der Waals surface area (Å²) in [6.45, 7) is 5.76. The first kappa shape index (κ1) is 14.5. The third-order valence-electron chi connectivity index (χ3n) is 3.75. The van der Waals surface area contributed by atoms with Crippen molar-refractivity contribution in [3.05, 3.63) is 62.3 Å². The van der Waals surface area contributed by atoms with Crippen molar-refractivity contribution in [2.75, 3.05) is 5.32 Å². The van der Waals surface area contributed by atoms with Crippen LogP contribution in [0.15, 0.2) is 39.5 Å². The lowest BCUT2D eigenvalue weighted by Crippen LogP contribution is -2.13. The Morgan fingerprint density at radius 3 is 2.45 bits per heavy atom. The van der Waals surface area contributed by atoms with Gasteiger partial charge in [0.15, 0.2) is 5.58 Å². The van der Waals surface area contributed by atoms with Gasteiger partial charge in [0.1, 0.15) is 0 Å². The van der Waals surface area contributed by atoms with Crippen LogP contribution in [0.4, 0.5) is 5.69 Å². The van der Waals surface area contributed by atoms with Crippen molar-refractivity contribution in [3.63, 3.8) is 0 Å². The number of amides is 1. The molecule has 2 aromatic carbocycles. The van der Waals surface area contributed by atoms with Crippen LogP contribution >= 0.6 is 11.3 Å². The van der Waals surface area contributed by atoms with Crippen molar-refractivity contribution in [2.45, 2.75) is 20.8 Å². The highest BCUT2D eigenvalue weighted by Crippen LogP contribution is 2.30. The van der Waals surface area contributed by atoms with Crippen LogP contribution in [0.1, 0.15) is 27.0 Å². The molecule has 3 rings (SSSR count). The highest BCUT2D eigenvalue weighted by Gasteiger charge is 2.14. The predicted molar refractivity (Wildman–Crippen MR) is 89.0 cm³/mol. The molecule has 5 heteroatoms. The van der Waals surface area contributed by atoms with Gasteiger partial charge in [0.2, 0.25) is 0 Å². The molecule has 22 heavy (non-hydrogen) atoms. The summed E-state index contributed by atoms with van der Waals surface area (Å²) in [5.41, 5.74) is 4.77. The molecule has 1 aromatic heterocycles. The van der Waals surface area contributed by atoms with E-state index >= 15 is 0 Å². The van der Waals surface area contributed by atoms with Crippen molar-refractivity contribution in [1.82, 2.24) is 0 Å². The maximum absolute atomic E-state index is 12.3. The molecule has 0 spiro atoms. The summed E-state index contributed by atoms with van der Waals surface area (Å²) in [4.78, 5) is 23.4. The van der Waals surface area contributed by atoms with Crippen LogP contribution in [0.5, 0.6) is 0 Å². The van der Waals surface area contributed by atoms with E-state index < -0.39 is 0 Å². The van der Waals surface area contributed by atoms with E-state index in [1.165, 1.54) is 0 Å². The zero-order valence-electron chi connectivity index (χ0n) is 12.5. The summed E-state index contributed by atoms with van der Waals surface area (Å²) in [5.74, 6) is -0.169. The van der Waals surface area contributed by atoms with E-state index in [0.717, 1.165) is 32.7 Å². The van der Waals surface area contributed by atoms with E-state index in [1.54, 1.807) is 18.2 Å². The Morgan fingerprint density at radius 2 is 1.77 bits per heavy atom. The van der Waals surface area contributed by atoms with E-state index in [0.29, 0.717) is 16.8 Å². The largest absolute Gasteiger partial charge is 0.414 e. The van der Waals surface area contributed by atoms with Gasteiger partial charge in [-0.1, -0.05) is 29.0 Å². The van der Waals surface area contributed by atoms with Gasteiger partial charge in [-0.05, 0) is 50.1 Å². The maximum atomic E-state index is 12.3. The SMILES string of the molecule is Cc1ccc(C(=O)Nc2cc3sc(=O)oc3c(C)c2C)cc1. The number of benzene rings is 2. The molecule has 4 nitrogen and oxygen atoms in total. The standard InChI is InChI=1S/C17H15NO3S/c1-9-4-6-12(7-5-9)16(19)18-13-8-14-15(11(3)10(13)2)21-17(20)22-14/h4-8H,1-3H3,(H,18,19). The molecule has 0 fully saturated rings. The summed E-state index contributed by atoms with van der Waals surface area (Å²) in [6, 6.07) is 9.18. The third-order valence-corrected chi connectivity index (χ3v) is 4.52. The van der Waals surface area contributed by atoms with Crippen molar-refractivity contribution in [3.8, 4) is 0 Å². The normalized spacial score (nSPS) is 10.9. The second-order valence-corrected chi connectivity index (χ2v) is 6.25. The number of hydrogen-bond acceptors (Lipinski definition) is 4. The Morgan fingerprint density at radius 1 is 1.09 bits per heavy atom. The quantitative estimate of drug-likeness (QED) is 0.777. The highest BCUT2D eigenvalue weighted by molar-refractivity contribution is 7.16. The Labute approximate surface area is 131 Å². The molecule has 0 atom stereocenters. The minimum atomic E-state index is -0.334. The summed E-state index contributed by atoms with van der Waals surface area (Å²) in [7, 11) is 0. The zero-order valence-corrected chi connectivity index (χ0v) is 13.3. The third kappa shape index (κ3) is 2.55. The Kier molecular flexibility index (Phi) is 3.58.